The Kier molecular flexibility index (Phi) is 4.75. The predicted octanol–water partition coefficient (Wildman–Crippen LogP) is 1.03. The molecule has 1 atom stereocenters. The zero-order valence-electron chi connectivity index (χ0n) is 12.9. The fourth-order valence-corrected chi connectivity index (χ4v) is 4.04. The van der Waals surface area contributed by atoms with E-state index in [2.05, 4.69) is 4.90 Å². The van der Waals surface area contributed by atoms with Gasteiger partial charge in [0, 0.05) is 31.7 Å². The van der Waals surface area contributed by atoms with Gasteiger partial charge in [-0.2, -0.15) is 4.31 Å². The van der Waals surface area contributed by atoms with Crippen LogP contribution in [-0.2, 0) is 10.0 Å². The minimum Gasteiger partial charge on any atom is -0.497 e. The number of hydrogen-bond donors (Lipinski definition) is 0. The summed E-state index contributed by atoms with van der Waals surface area (Å²) in [7, 11) is 1.38. The molecule has 118 valence electrons. The second kappa shape index (κ2) is 6.21. The zero-order valence-corrected chi connectivity index (χ0v) is 13.7. The first-order chi connectivity index (χ1) is 9.90. The Hall–Kier alpha value is -1.31. The van der Waals surface area contributed by atoms with Crippen LogP contribution in [0.15, 0.2) is 23.1 Å². The van der Waals surface area contributed by atoms with Gasteiger partial charge in [0.25, 0.3) is 0 Å². The molecule has 1 saturated heterocycles. The smallest absolute Gasteiger partial charge is 0.246 e. The van der Waals surface area contributed by atoms with Crippen molar-refractivity contribution in [3.05, 3.63) is 18.2 Å². The quantitative estimate of drug-likeness (QED) is 0.831. The molecule has 0 amide bonds. The van der Waals surface area contributed by atoms with Crippen LogP contribution in [0.3, 0.4) is 0 Å². The fraction of sp³-hybridized carbons (Fsp3) is 0.571. The number of methoxy groups -OCH3 is 2. The van der Waals surface area contributed by atoms with Crippen LogP contribution in [0.2, 0.25) is 0 Å². The van der Waals surface area contributed by atoms with Crippen molar-refractivity contribution in [3.63, 3.8) is 0 Å². The molecule has 0 aliphatic carbocycles. The molecule has 1 fully saturated rings. The zero-order chi connectivity index (χ0) is 15.6. The molecule has 1 aliphatic heterocycles. The van der Waals surface area contributed by atoms with Crippen molar-refractivity contribution in [3.8, 4) is 11.5 Å². The van der Waals surface area contributed by atoms with Crippen LogP contribution in [0.4, 0.5) is 0 Å². The van der Waals surface area contributed by atoms with Gasteiger partial charge in [0.2, 0.25) is 10.0 Å². The summed E-state index contributed by atoms with van der Waals surface area (Å²) in [6.07, 6.45) is 0. The standard InChI is InChI=1S/C14H22N2O4S/c1-11-10-16(8-7-15(11)2)21(17,18)14-9-12(19-3)5-6-13(14)20-4/h5-6,9,11H,7-8,10H2,1-4H3. The number of ether oxygens (including phenoxy) is 2. The van der Waals surface area contributed by atoms with E-state index in [-0.39, 0.29) is 10.9 Å². The molecule has 1 aromatic rings. The van der Waals surface area contributed by atoms with E-state index >= 15 is 0 Å². The number of hydrogen-bond acceptors (Lipinski definition) is 5. The van der Waals surface area contributed by atoms with E-state index in [1.54, 1.807) is 12.1 Å². The van der Waals surface area contributed by atoms with Gasteiger partial charge >= 0.3 is 0 Å². The lowest BCUT2D eigenvalue weighted by molar-refractivity contribution is 0.159. The lowest BCUT2D eigenvalue weighted by Gasteiger charge is -2.37. The molecular formula is C14H22N2O4S. The van der Waals surface area contributed by atoms with Crippen molar-refractivity contribution < 1.29 is 17.9 Å². The molecule has 1 heterocycles. The molecule has 1 aromatic carbocycles. The van der Waals surface area contributed by atoms with E-state index < -0.39 is 10.0 Å². The summed E-state index contributed by atoms with van der Waals surface area (Å²) in [5.41, 5.74) is 0. The molecule has 0 N–H and O–H groups in total. The van der Waals surface area contributed by atoms with E-state index in [1.807, 2.05) is 14.0 Å². The topological polar surface area (TPSA) is 59.1 Å². The molecule has 7 heteroatoms. The van der Waals surface area contributed by atoms with Crippen LogP contribution in [-0.4, -0.2) is 64.6 Å². The van der Waals surface area contributed by atoms with E-state index in [9.17, 15) is 8.42 Å². The maximum Gasteiger partial charge on any atom is 0.246 e. The Morgan fingerprint density at radius 1 is 1.19 bits per heavy atom. The highest BCUT2D eigenvalue weighted by Crippen LogP contribution is 2.31. The lowest BCUT2D eigenvalue weighted by Crippen LogP contribution is -2.51. The molecule has 1 aliphatic rings. The van der Waals surface area contributed by atoms with Gasteiger partial charge < -0.3 is 14.4 Å². The lowest BCUT2D eigenvalue weighted by atomic mass is 10.2. The highest BCUT2D eigenvalue weighted by atomic mass is 32.2. The second-order valence-electron chi connectivity index (χ2n) is 5.21. The van der Waals surface area contributed by atoms with E-state index in [4.69, 9.17) is 9.47 Å². The van der Waals surface area contributed by atoms with Crippen LogP contribution in [0.25, 0.3) is 0 Å². The minimum absolute atomic E-state index is 0.154. The summed E-state index contributed by atoms with van der Waals surface area (Å²) >= 11 is 0. The van der Waals surface area contributed by atoms with Crippen molar-refractivity contribution in [1.29, 1.82) is 0 Å². The molecule has 2 rings (SSSR count). The first kappa shape index (κ1) is 16.1. The van der Waals surface area contributed by atoms with Crippen molar-refractivity contribution in [1.82, 2.24) is 9.21 Å². The Morgan fingerprint density at radius 3 is 2.48 bits per heavy atom. The van der Waals surface area contributed by atoms with Gasteiger partial charge in [-0.05, 0) is 26.1 Å². The van der Waals surface area contributed by atoms with Gasteiger partial charge in [-0.1, -0.05) is 0 Å². The molecule has 0 aromatic heterocycles. The van der Waals surface area contributed by atoms with E-state index in [0.717, 1.165) is 0 Å². The van der Waals surface area contributed by atoms with Crippen LogP contribution < -0.4 is 9.47 Å². The summed E-state index contributed by atoms with van der Waals surface area (Å²) in [4.78, 5) is 2.30. The first-order valence-electron chi connectivity index (χ1n) is 6.82. The summed E-state index contributed by atoms with van der Waals surface area (Å²) in [5, 5.41) is 0. The normalized spacial score (nSPS) is 21.2. The number of nitrogens with zero attached hydrogens (tertiary/aromatic N) is 2. The van der Waals surface area contributed by atoms with E-state index in [0.29, 0.717) is 31.1 Å². The second-order valence-corrected chi connectivity index (χ2v) is 7.12. The van der Waals surface area contributed by atoms with Gasteiger partial charge in [-0.15, -0.1) is 0 Å². The highest BCUT2D eigenvalue weighted by molar-refractivity contribution is 7.89. The fourth-order valence-electron chi connectivity index (χ4n) is 2.36. The Labute approximate surface area is 126 Å². The Bertz CT molecular complexity index is 603. The van der Waals surface area contributed by atoms with Gasteiger partial charge in [-0.3, -0.25) is 0 Å². The minimum atomic E-state index is -3.59. The SMILES string of the molecule is COc1ccc(OC)c(S(=O)(=O)N2CCN(C)C(C)C2)c1. The maximum atomic E-state index is 12.9. The first-order valence-corrected chi connectivity index (χ1v) is 8.26. The molecular weight excluding hydrogens is 292 g/mol. The number of benzene rings is 1. The van der Waals surface area contributed by atoms with Crippen molar-refractivity contribution in [2.45, 2.75) is 17.9 Å². The molecule has 6 nitrogen and oxygen atoms in total. The number of sulfonamides is 1. The van der Waals surface area contributed by atoms with Crippen LogP contribution in [0.5, 0.6) is 11.5 Å². The number of likely N-dealkylation sites (N-methyl/N-ethyl adjacent to an activating group) is 1. The van der Waals surface area contributed by atoms with Crippen LogP contribution in [0, 0.1) is 0 Å². The maximum absolute atomic E-state index is 12.9. The molecule has 1 unspecified atom stereocenters. The molecule has 0 bridgehead atoms. The molecule has 0 radical (unpaired) electrons. The highest BCUT2D eigenvalue weighted by Gasteiger charge is 2.33. The van der Waals surface area contributed by atoms with Crippen LogP contribution >= 0.6 is 0 Å². The molecule has 0 spiro atoms. The van der Waals surface area contributed by atoms with Crippen molar-refractivity contribution >= 4 is 10.0 Å². The van der Waals surface area contributed by atoms with Gasteiger partial charge in [0.1, 0.15) is 16.4 Å². The van der Waals surface area contributed by atoms with Gasteiger partial charge in [-0.25, -0.2) is 8.42 Å². The monoisotopic (exact) mass is 314 g/mol. The Morgan fingerprint density at radius 2 is 1.90 bits per heavy atom. The van der Waals surface area contributed by atoms with Crippen molar-refractivity contribution in [2.24, 2.45) is 0 Å². The van der Waals surface area contributed by atoms with E-state index in [1.165, 1.54) is 24.6 Å². The summed E-state index contributed by atoms with van der Waals surface area (Å²) < 4.78 is 37.6. The van der Waals surface area contributed by atoms with Gasteiger partial charge in [0.05, 0.1) is 14.2 Å². The van der Waals surface area contributed by atoms with Crippen molar-refractivity contribution in [2.75, 3.05) is 40.9 Å². The average molecular weight is 314 g/mol. The molecule has 0 saturated carbocycles. The third kappa shape index (κ3) is 3.14. The largest absolute Gasteiger partial charge is 0.497 e. The predicted molar refractivity (Wildman–Crippen MR) is 80.4 cm³/mol. The van der Waals surface area contributed by atoms with Gasteiger partial charge in [0.15, 0.2) is 0 Å². The number of piperazine rings is 1. The third-order valence-corrected chi connectivity index (χ3v) is 5.80. The average Bonchev–Trinajstić information content (AvgIpc) is 2.49. The van der Waals surface area contributed by atoms with Crippen LogP contribution in [0.1, 0.15) is 6.92 Å². The Balaban J connectivity index is 2.39. The molecule has 21 heavy (non-hydrogen) atoms. The number of rotatable bonds is 4. The summed E-state index contributed by atoms with van der Waals surface area (Å²) in [5.74, 6) is 0.832. The summed E-state index contributed by atoms with van der Waals surface area (Å²) in [6, 6.07) is 5.00. The third-order valence-electron chi connectivity index (χ3n) is 3.91. The summed E-state index contributed by atoms with van der Waals surface area (Å²) in [6.45, 7) is 3.68.